The highest BCUT2D eigenvalue weighted by Gasteiger charge is 2.22. The number of H-pyrrole nitrogens is 1. The van der Waals surface area contributed by atoms with Crippen LogP contribution in [0.1, 0.15) is 36.5 Å². The Bertz CT molecular complexity index is 785. The van der Waals surface area contributed by atoms with Gasteiger partial charge in [-0.3, -0.25) is 9.78 Å². The van der Waals surface area contributed by atoms with E-state index in [1.54, 1.807) is 6.92 Å². The second kappa shape index (κ2) is 7.37. The number of nitrogens with zero attached hydrogens (tertiary/aromatic N) is 2. The molecule has 0 bridgehead atoms. The number of aromatic nitrogens is 3. The highest BCUT2D eigenvalue weighted by Crippen LogP contribution is 2.19. The van der Waals surface area contributed by atoms with Crippen molar-refractivity contribution in [3.8, 4) is 0 Å². The molecule has 0 radical (unpaired) electrons. The topological polar surface area (TPSA) is 79.8 Å². The van der Waals surface area contributed by atoms with Crippen LogP contribution in [-0.4, -0.2) is 26.7 Å². The quantitative estimate of drug-likeness (QED) is 0.842. The third-order valence-electron chi connectivity index (χ3n) is 4.07. The van der Waals surface area contributed by atoms with Crippen LogP contribution in [0.4, 0.5) is 8.78 Å². The van der Waals surface area contributed by atoms with Crippen molar-refractivity contribution in [2.24, 2.45) is 13.0 Å². The summed E-state index contributed by atoms with van der Waals surface area (Å²) >= 11 is 0. The van der Waals surface area contributed by atoms with Crippen LogP contribution in [0.2, 0.25) is 0 Å². The molecule has 1 aromatic heterocycles. The van der Waals surface area contributed by atoms with Crippen molar-refractivity contribution in [3.63, 3.8) is 0 Å². The molecule has 24 heavy (non-hydrogen) atoms. The summed E-state index contributed by atoms with van der Waals surface area (Å²) in [5.74, 6) is -1.84. The molecule has 2 N–H and O–H groups in total. The van der Waals surface area contributed by atoms with E-state index in [0.29, 0.717) is 18.4 Å². The largest absolute Gasteiger partial charge is 0.347 e. The summed E-state index contributed by atoms with van der Waals surface area (Å²) in [5.41, 5.74) is -0.0798. The number of hydrogen-bond acceptors (Lipinski definition) is 3. The average Bonchev–Trinajstić information content (AvgIpc) is 2.86. The second-order valence-corrected chi connectivity index (χ2v) is 5.77. The molecule has 0 aliphatic heterocycles. The van der Waals surface area contributed by atoms with E-state index in [1.165, 1.54) is 19.2 Å². The number of halogens is 2. The minimum atomic E-state index is -0.621. The van der Waals surface area contributed by atoms with Crippen LogP contribution < -0.4 is 11.0 Å². The van der Waals surface area contributed by atoms with Gasteiger partial charge in [-0.15, -0.1) is 5.10 Å². The number of amides is 1. The van der Waals surface area contributed by atoms with E-state index in [2.05, 4.69) is 15.4 Å². The molecule has 0 aliphatic rings. The zero-order valence-electron chi connectivity index (χ0n) is 13.8. The van der Waals surface area contributed by atoms with Gasteiger partial charge in [-0.25, -0.2) is 18.3 Å². The molecule has 0 fully saturated rings. The van der Waals surface area contributed by atoms with E-state index >= 15 is 0 Å². The van der Waals surface area contributed by atoms with E-state index in [1.807, 2.05) is 6.92 Å². The fraction of sp³-hybridized carbons (Fsp3) is 0.438. The lowest BCUT2D eigenvalue weighted by Crippen LogP contribution is -2.39. The number of aryl methyl sites for hydroxylation is 1. The Kier molecular flexibility index (Phi) is 5.48. The predicted octanol–water partition coefficient (Wildman–Crippen LogP) is 1.77. The van der Waals surface area contributed by atoms with Gasteiger partial charge in [0.25, 0.3) is 5.91 Å². The van der Waals surface area contributed by atoms with E-state index in [9.17, 15) is 18.4 Å². The van der Waals surface area contributed by atoms with Gasteiger partial charge in [0, 0.05) is 19.2 Å². The van der Waals surface area contributed by atoms with Crippen LogP contribution in [0.3, 0.4) is 0 Å². The monoisotopic (exact) mass is 338 g/mol. The van der Waals surface area contributed by atoms with E-state index in [-0.39, 0.29) is 17.8 Å². The summed E-state index contributed by atoms with van der Waals surface area (Å²) in [5, 5.41) is 6.55. The van der Waals surface area contributed by atoms with Crippen LogP contribution in [-0.2, 0) is 13.5 Å². The number of rotatable bonds is 6. The highest BCUT2D eigenvalue weighted by atomic mass is 19.1. The van der Waals surface area contributed by atoms with Crippen molar-refractivity contribution in [2.75, 3.05) is 0 Å². The van der Waals surface area contributed by atoms with Gasteiger partial charge in [0.2, 0.25) is 5.82 Å². The average molecular weight is 338 g/mol. The smallest absolute Gasteiger partial charge is 0.343 e. The molecule has 1 amide bonds. The second-order valence-electron chi connectivity index (χ2n) is 5.77. The number of carbonyl (C=O) groups excluding carboxylic acids is 1. The van der Waals surface area contributed by atoms with E-state index in [0.717, 1.165) is 10.7 Å². The Labute approximate surface area is 137 Å². The van der Waals surface area contributed by atoms with E-state index < -0.39 is 23.2 Å². The Morgan fingerprint density at radius 1 is 1.42 bits per heavy atom. The molecule has 0 saturated carbocycles. The SMILES string of the molecule is CC[C@@H](Cc1ccc(F)cc1F)[C@@H](C)NC(=O)c1nn(C)c(=O)[nH]1. The fourth-order valence-electron chi connectivity index (χ4n) is 2.54. The summed E-state index contributed by atoms with van der Waals surface area (Å²) in [6.45, 7) is 3.73. The third-order valence-corrected chi connectivity index (χ3v) is 4.07. The highest BCUT2D eigenvalue weighted by molar-refractivity contribution is 5.90. The Balaban J connectivity index is 2.06. The van der Waals surface area contributed by atoms with Crippen LogP contribution in [0.25, 0.3) is 0 Å². The molecule has 0 spiro atoms. The molecule has 2 aromatic rings. The Morgan fingerprint density at radius 2 is 2.12 bits per heavy atom. The van der Waals surface area contributed by atoms with Crippen molar-refractivity contribution in [2.45, 2.75) is 32.7 Å². The summed E-state index contributed by atoms with van der Waals surface area (Å²) in [7, 11) is 1.44. The van der Waals surface area contributed by atoms with Crippen LogP contribution >= 0.6 is 0 Å². The van der Waals surface area contributed by atoms with Crippen molar-refractivity contribution in [1.82, 2.24) is 20.1 Å². The summed E-state index contributed by atoms with van der Waals surface area (Å²) in [4.78, 5) is 25.8. The molecular weight excluding hydrogens is 318 g/mol. The van der Waals surface area contributed by atoms with Crippen molar-refractivity contribution in [1.29, 1.82) is 0 Å². The van der Waals surface area contributed by atoms with Crippen LogP contribution in [0.5, 0.6) is 0 Å². The van der Waals surface area contributed by atoms with Crippen molar-refractivity contribution in [3.05, 3.63) is 51.7 Å². The van der Waals surface area contributed by atoms with Crippen molar-refractivity contribution < 1.29 is 13.6 Å². The Hall–Kier alpha value is -2.51. The fourth-order valence-corrected chi connectivity index (χ4v) is 2.54. The molecule has 0 aliphatic carbocycles. The van der Waals surface area contributed by atoms with Gasteiger partial charge >= 0.3 is 5.69 Å². The molecule has 8 heteroatoms. The number of nitrogens with one attached hydrogen (secondary N) is 2. The first-order valence-electron chi connectivity index (χ1n) is 7.70. The molecule has 0 unspecified atom stereocenters. The lowest BCUT2D eigenvalue weighted by molar-refractivity contribution is 0.0915. The molecular formula is C16H20F2N4O2. The lowest BCUT2D eigenvalue weighted by atomic mass is 9.90. The van der Waals surface area contributed by atoms with Gasteiger partial charge in [-0.05, 0) is 30.9 Å². The third kappa shape index (κ3) is 4.06. The van der Waals surface area contributed by atoms with Gasteiger partial charge in [0.1, 0.15) is 11.6 Å². The summed E-state index contributed by atoms with van der Waals surface area (Å²) in [6, 6.07) is 3.20. The summed E-state index contributed by atoms with van der Waals surface area (Å²) < 4.78 is 27.8. The minimum absolute atomic E-state index is 0.0515. The zero-order valence-corrected chi connectivity index (χ0v) is 13.8. The maximum Gasteiger partial charge on any atom is 0.343 e. The molecule has 1 aromatic carbocycles. The maximum absolute atomic E-state index is 13.8. The summed E-state index contributed by atoms with van der Waals surface area (Å²) in [6.07, 6.45) is 1.06. The predicted molar refractivity (Wildman–Crippen MR) is 84.6 cm³/mol. The lowest BCUT2D eigenvalue weighted by Gasteiger charge is -2.23. The molecule has 6 nitrogen and oxygen atoms in total. The van der Waals surface area contributed by atoms with Crippen LogP contribution in [0, 0.1) is 17.6 Å². The van der Waals surface area contributed by atoms with Gasteiger partial charge in [-0.2, -0.15) is 0 Å². The van der Waals surface area contributed by atoms with Gasteiger partial charge in [0.15, 0.2) is 0 Å². The zero-order chi connectivity index (χ0) is 17.9. The van der Waals surface area contributed by atoms with E-state index in [4.69, 9.17) is 0 Å². The molecule has 130 valence electrons. The Morgan fingerprint density at radius 3 is 2.67 bits per heavy atom. The first kappa shape index (κ1) is 17.8. The van der Waals surface area contributed by atoms with Gasteiger partial charge in [0.05, 0.1) is 0 Å². The van der Waals surface area contributed by atoms with Crippen LogP contribution in [0.15, 0.2) is 23.0 Å². The van der Waals surface area contributed by atoms with Gasteiger partial charge in [-0.1, -0.05) is 19.4 Å². The molecule has 0 saturated heterocycles. The number of hydrogen-bond donors (Lipinski definition) is 2. The maximum atomic E-state index is 13.8. The first-order chi connectivity index (χ1) is 11.3. The number of benzene rings is 1. The standard InChI is InChI=1S/C16H20F2N4O2/c1-4-10(7-11-5-6-12(17)8-13(11)18)9(2)19-15(23)14-20-16(24)22(3)21-14/h5-6,8-10H,4,7H2,1-3H3,(H,19,23)(H,20,21,24)/t9-,10+/m1/s1. The minimum Gasteiger partial charge on any atom is -0.347 e. The van der Waals surface area contributed by atoms with Crippen molar-refractivity contribution >= 4 is 5.91 Å². The normalized spacial score (nSPS) is 13.5. The molecule has 2 atom stereocenters. The number of aromatic amines is 1. The number of carbonyl (C=O) groups is 1. The first-order valence-corrected chi connectivity index (χ1v) is 7.70. The molecule has 1 heterocycles. The molecule has 2 rings (SSSR count). The van der Waals surface area contributed by atoms with Gasteiger partial charge < -0.3 is 5.32 Å².